The van der Waals surface area contributed by atoms with Crippen LogP contribution in [0.4, 0.5) is 0 Å². The van der Waals surface area contributed by atoms with E-state index in [0.29, 0.717) is 11.1 Å². The van der Waals surface area contributed by atoms with Crippen LogP contribution in [0.15, 0.2) is 78.9 Å². The van der Waals surface area contributed by atoms with Crippen molar-refractivity contribution in [2.45, 2.75) is 13.1 Å². The van der Waals surface area contributed by atoms with Gasteiger partial charge in [-0.15, -0.1) is 0 Å². The molecule has 3 aromatic rings. The Balaban J connectivity index is 1.85. The summed E-state index contributed by atoms with van der Waals surface area (Å²) in [5.41, 5.74) is 1.39. The first kappa shape index (κ1) is 17.2. The fourth-order valence-electron chi connectivity index (χ4n) is 2.97. The highest BCUT2D eigenvalue weighted by Gasteiger charge is 2.25. The zero-order valence-electron chi connectivity index (χ0n) is 14.8. The SMILES string of the molecule is COc1ccc(C(=O)c2ccc([Si](C)(C)c3ccccc3)cc2)cc1. The van der Waals surface area contributed by atoms with Crippen molar-refractivity contribution in [2.75, 3.05) is 7.11 Å². The molecule has 0 aliphatic heterocycles. The molecule has 0 bridgehead atoms. The number of hydrogen-bond acceptors (Lipinski definition) is 2. The van der Waals surface area contributed by atoms with E-state index in [9.17, 15) is 4.79 Å². The first-order valence-electron chi connectivity index (χ1n) is 8.37. The maximum atomic E-state index is 12.6. The molecule has 0 unspecified atom stereocenters. The summed E-state index contributed by atoms with van der Waals surface area (Å²) in [7, 11) is -0.114. The van der Waals surface area contributed by atoms with Gasteiger partial charge in [0.15, 0.2) is 5.78 Å². The standard InChI is InChI=1S/C22H22O2Si/c1-24-19-13-9-17(10-14-19)22(23)18-11-15-21(16-12-18)25(2,3)20-7-5-4-6-8-20/h4-16H,1-3H3. The van der Waals surface area contributed by atoms with E-state index in [1.807, 2.05) is 30.3 Å². The summed E-state index contributed by atoms with van der Waals surface area (Å²) < 4.78 is 5.14. The highest BCUT2D eigenvalue weighted by atomic mass is 28.3. The average molecular weight is 347 g/mol. The fraction of sp³-hybridized carbons (Fsp3) is 0.136. The van der Waals surface area contributed by atoms with Gasteiger partial charge in [-0.25, -0.2) is 0 Å². The maximum Gasteiger partial charge on any atom is 0.193 e. The molecule has 0 atom stereocenters. The number of ketones is 1. The van der Waals surface area contributed by atoms with Crippen molar-refractivity contribution in [3.63, 3.8) is 0 Å². The number of benzene rings is 3. The molecule has 0 spiro atoms. The molecule has 0 N–H and O–H groups in total. The molecule has 0 aliphatic carbocycles. The van der Waals surface area contributed by atoms with Crippen molar-refractivity contribution >= 4 is 24.2 Å². The van der Waals surface area contributed by atoms with E-state index in [2.05, 4.69) is 49.5 Å². The zero-order chi connectivity index (χ0) is 17.9. The fourth-order valence-corrected chi connectivity index (χ4v) is 5.33. The molecule has 0 amide bonds. The lowest BCUT2D eigenvalue weighted by Gasteiger charge is -2.23. The van der Waals surface area contributed by atoms with Gasteiger partial charge in [0.2, 0.25) is 0 Å². The number of carbonyl (C=O) groups is 1. The predicted molar refractivity (Wildman–Crippen MR) is 106 cm³/mol. The smallest absolute Gasteiger partial charge is 0.193 e. The monoisotopic (exact) mass is 346 g/mol. The van der Waals surface area contributed by atoms with Gasteiger partial charge in [0.1, 0.15) is 13.8 Å². The lowest BCUT2D eigenvalue weighted by molar-refractivity contribution is 0.103. The Kier molecular flexibility index (Phi) is 4.86. The van der Waals surface area contributed by atoms with Crippen LogP contribution in [0, 0.1) is 0 Å². The number of methoxy groups -OCH3 is 1. The van der Waals surface area contributed by atoms with Crippen LogP contribution in [0.1, 0.15) is 15.9 Å². The van der Waals surface area contributed by atoms with Crippen LogP contribution in [0.25, 0.3) is 0 Å². The maximum absolute atomic E-state index is 12.6. The molecular weight excluding hydrogens is 324 g/mol. The van der Waals surface area contributed by atoms with E-state index in [-0.39, 0.29) is 5.78 Å². The number of hydrogen-bond donors (Lipinski definition) is 0. The minimum Gasteiger partial charge on any atom is -0.497 e. The first-order chi connectivity index (χ1) is 12.0. The number of rotatable bonds is 5. The van der Waals surface area contributed by atoms with E-state index in [1.54, 1.807) is 19.2 Å². The van der Waals surface area contributed by atoms with Crippen LogP contribution in [-0.2, 0) is 0 Å². The van der Waals surface area contributed by atoms with Gasteiger partial charge in [-0.2, -0.15) is 0 Å². The van der Waals surface area contributed by atoms with Crippen molar-refractivity contribution < 1.29 is 9.53 Å². The van der Waals surface area contributed by atoms with Crippen LogP contribution in [0.3, 0.4) is 0 Å². The Labute approximate surface area is 150 Å². The van der Waals surface area contributed by atoms with E-state index >= 15 is 0 Å². The molecule has 0 saturated heterocycles. The van der Waals surface area contributed by atoms with Crippen LogP contribution < -0.4 is 15.1 Å². The molecular formula is C22H22O2Si. The van der Waals surface area contributed by atoms with Crippen LogP contribution >= 0.6 is 0 Å². The summed E-state index contributed by atoms with van der Waals surface area (Å²) in [6.45, 7) is 4.67. The third kappa shape index (κ3) is 3.56. The normalized spacial score (nSPS) is 11.2. The molecule has 25 heavy (non-hydrogen) atoms. The van der Waals surface area contributed by atoms with Gasteiger partial charge in [0.05, 0.1) is 7.11 Å². The third-order valence-corrected chi connectivity index (χ3v) is 8.27. The van der Waals surface area contributed by atoms with Gasteiger partial charge < -0.3 is 4.74 Å². The van der Waals surface area contributed by atoms with Gasteiger partial charge in [-0.1, -0.05) is 78.1 Å². The topological polar surface area (TPSA) is 26.3 Å². The molecule has 2 nitrogen and oxygen atoms in total. The molecule has 0 aliphatic rings. The molecule has 0 fully saturated rings. The van der Waals surface area contributed by atoms with E-state index in [4.69, 9.17) is 4.74 Å². The number of carbonyl (C=O) groups excluding carboxylic acids is 1. The van der Waals surface area contributed by atoms with E-state index in [1.165, 1.54) is 10.4 Å². The van der Waals surface area contributed by atoms with Crippen LogP contribution in [0.5, 0.6) is 5.75 Å². The van der Waals surface area contributed by atoms with Crippen molar-refractivity contribution in [3.05, 3.63) is 90.0 Å². The third-order valence-electron chi connectivity index (χ3n) is 4.72. The molecule has 126 valence electrons. The Morgan fingerprint density at radius 3 is 1.72 bits per heavy atom. The average Bonchev–Trinajstić information content (AvgIpc) is 2.68. The molecule has 0 saturated carbocycles. The molecule has 0 heterocycles. The Morgan fingerprint density at radius 1 is 0.720 bits per heavy atom. The summed E-state index contributed by atoms with van der Waals surface area (Å²) in [6.07, 6.45) is 0. The minimum absolute atomic E-state index is 0.0355. The Hall–Kier alpha value is -2.65. The zero-order valence-corrected chi connectivity index (χ0v) is 15.8. The summed E-state index contributed by atoms with van der Waals surface area (Å²) in [4.78, 5) is 12.6. The highest BCUT2D eigenvalue weighted by molar-refractivity contribution is 7.00. The highest BCUT2D eigenvalue weighted by Crippen LogP contribution is 2.15. The first-order valence-corrected chi connectivity index (χ1v) is 11.4. The molecule has 0 radical (unpaired) electrons. The molecule has 3 rings (SSSR count). The van der Waals surface area contributed by atoms with Crippen molar-refractivity contribution in [3.8, 4) is 5.75 Å². The van der Waals surface area contributed by atoms with Crippen LogP contribution in [0.2, 0.25) is 13.1 Å². The summed E-state index contributed by atoms with van der Waals surface area (Å²) in [5, 5.41) is 2.72. The predicted octanol–water partition coefficient (Wildman–Crippen LogP) is 3.75. The largest absolute Gasteiger partial charge is 0.497 e. The lowest BCUT2D eigenvalue weighted by atomic mass is 10.0. The van der Waals surface area contributed by atoms with Gasteiger partial charge in [-0.05, 0) is 24.3 Å². The van der Waals surface area contributed by atoms with Crippen molar-refractivity contribution in [1.82, 2.24) is 0 Å². The second-order valence-electron chi connectivity index (χ2n) is 6.63. The minimum atomic E-state index is -1.73. The lowest BCUT2D eigenvalue weighted by Crippen LogP contribution is -2.52. The molecule has 3 heteroatoms. The summed E-state index contributed by atoms with van der Waals surface area (Å²) in [5.74, 6) is 0.788. The van der Waals surface area contributed by atoms with Gasteiger partial charge in [0, 0.05) is 11.1 Å². The quantitative estimate of drug-likeness (QED) is 0.519. The second-order valence-corrected chi connectivity index (χ2v) is 11.0. The summed E-state index contributed by atoms with van der Waals surface area (Å²) in [6, 6.07) is 26.0. The second kappa shape index (κ2) is 7.07. The van der Waals surface area contributed by atoms with Gasteiger partial charge in [-0.3, -0.25) is 4.79 Å². The Bertz CT molecular complexity index is 851. The van der Waals surface area contributed by atoms with Crippen molar-refractivity contribution in [2.24, 2.45) is 0 Å². The molecule has 0 aromatic heterocycles. The van der Waals surface area contributed by atoms with Crippen molar-refractivity contribution in [1.29, 1.82) is 0 Å². The Morgan fingerprint density at radius 2 is 1.20 bits per heavy atom. The van der Waals surface area contributed by atoms with E-state index < -0.39 is 8.07 Å². The van der Waals surface area contributed by atoms with Gasteiger partial charge in [0.25, 0.3) is 0 Å². The summed E-state index contributed by atoms with van der Waals surface area (Å²) >= 11 is 0. The van der Waals surface area contributed by atoms with E-state index in [0.717, 1.165) is 5.75 Å². The van der Waals surface area contributed by atoms with Gasteiger partial charge >= 0.3 is 0 Å². The molecule has 3 aromatic carbocycles. The number of ether oxygens (including phenoxy) is 1. The van der Waals surface area contributed by atoms with Crippen LogP contribution in [-0.4, -0.2) is 21.0 Å².